The lowest BCUT2D eigenvalue weighted by molar-refractivity contribution is 0.0978. The Kier molecular flexibility index (Phi) is 4.98. The molecule has 118 valence electrons. The first-order valence-corrected chi connectivity index (χ1v) is 8.28. The molecule has 23 heavy (non-hydrogen) atoms. The number of nitrogens with one attached hydrogen (secondary N) is 1. The third-order valence-corrected chi connectivity index (χ3v) is 4.27. The summed E-state index contributed by atoms with van der Waals surface area (Å²) in [6, 6.07) is 14.6. The Morgan fingerprint density at radius 1 is 1.17 bits per heavy atom. The van der Waals surface area contributed by atoms with Crippen molar-refractivity contribution in [2.75, 3.05) is 7.11 Å². The largest absolute Gasteiger partial charge is 0.496 e. The summed E-state index contributed by atoms with van der Waals surface area (Å²) in [5.74, 6) is -0.966. The van der Waals surface area contributed by atoms with Gasteiger partial charge in [0.15, 0.2) is 0 Å². The van der Waals surface area contributed by atoms with E-state index in [0.717, 1.165) is 0 Å². The van der Waals surface area contributed by atoms with Gasteiger partial charge in [-0.05, 0) is 23.8 Å². The van der Waals surface area contributed by atoms with Crippen LogP contribution in [0.15, 0.2) is 48.5 Å². The Morgan fingerprint density at radius 3 is 2.52 bits per heavy atom. The van der Waals surface area contributed by atoms with Crippen LogP contribution in [0.25, 0.3) is 0 Å². The van der Waals surface area contributed by atoms with Gasteiger partial charge < -0.3 is 4.74 Å². The third-order valence-electron chi connectivity index (χ3n) is 3.08. The molecule has 0 saturated carbocycles. The second-order valence-corrected chi connectivity index (χ2v) is 6.38. The van der Waals surface area contributed by atoms with E-state index in [1.54, 1.807) is 30.3 Å². The van der Waals surface area contributed by atoms with Gasteiger partial charge in [0.05, 0.1) is 30.1 Å². The van der Waals surface area contributed by atoms with E-state index in [2.05, 4.69) is 0 Å². The predicted octanol–water partition coefficient (Wildman–Crippen LogP) is 1.83. The fourth-order valence-corrected chi connectivity index (χ4v) is 3.15. The maximum absolute atomic E-state index is 12.2. The first kappa shape index (κ1) is 16.5. The molecule has 0 unspecified atom stereocenters. The average molecular weight is 330 g/mol. The Balaban J connectivity index is 2.21. The van der Waals surface area contributed by atoms with Crippen LogP contribution < -0.4 is 9.46 Å². The molecule has 7 heteroatoms. The summed E-state index contributed by atoms with van der Waals surface area (Å²) in [7, 11) is -2.55. The summed E-state index contributed by atoms with van der Waals surface area (Å²) in [4.78, 5) is 12.1. The molecule has 2 aromatic rings. The van der Waals surface area contributed by atoms with Crippen molar-refractivity contribution >= 4 is 15.9 Å². The van der Waals surface area contributed by atoms with Gasteiger partial charge in [0.1, 0.15) is 5.75 Å². The van der Waals surface area contributed by atoms with Gasteiger partial charge in [-0.15, -0.1) is 0 Å². The smallest absolute Gasteiger partial charge is 0.268 e. The molecule has 0 radical (unpaired) electrons. The van der Waals surface area contributed by atoms with Gasteiger partial charge in [-0.1, -0.05) is 30.3 Å². The molecule has 1 amide bonds. The molecule has 0 atom stereocenters. The van der Waals surface area contributed by atoms with E-state index >= 15 is 0 Å². The lowest BCUT2D eigenvalue weighted by atomic mass is 10.1. The molecule has 0 bridgehead atoms. The minimum atomic E-state index is -3.95. The highest BCUT2D eigenvalue weighted by Crippen LogP contribution is 2.18. The van der Waals surface area contributed by atoms with Crippen molar-refractivity contribution in [2.45, 2.75) is 5.75 Å². The van der Waals surface area contributed by atoms with Crippen molar-refractivity contribution in [2.24, 2.45) is 0 Å². The summed E-state index contributed by atoms with van der Waals surface area (Å²) < 4.78 is 31.4. The number of ether oxygens (including phenoxy) is 1. The lowest BCUT2D eigenvalue weighted by Gasteiger charge is -2.10. The summed E-state index contributed by atoms with van der Waals surface area (Å²) in [6.45, 7) is 0. The second kappa shape index (κ2) is 6.94. The SMILES string of the molecule is COc1ccccc1C(=O)NS(=O)(=O)Cc1ccccc1C#N. The lowest BCUT2D eigenvalue weighted by Crippen LogP contribution is -2.32. The van der Waals surface area contributed by atoms with E-state index in [9.17, 15) is 13.2 Å². The van der Waals surface area contributed by atoms with E-state index < -0.39 is 21.7 Å². The van der Waals surface area contributed by atoms with E-state index in [1.165, 1.54) is 25.3 Å². The van der Waals surface area contributed by atoms with Gasteiger partial charge >= 0.3 is 0 Å². The van der Waals surface area contributed by atoms with Crippen molar-refractivity contribution in [1.82, 2.24) is 4.72 Å². The number of para-hydroxylation sites is 1. The highest BCUT2D eigenvalue weighted by atomic mass is 32.2. The second-order valence-electron chi connectivity index (χ2n) is 4.66. The minimum Gasteiger partial charge on any atom is -0.496 e. The van der Waals surface area contributed by atoms with Crippen molar-refractivity contribution < 1.29 is 17.9 Å². The van der Waals surface area contributed by atoms with Crippen LogP contribution in [-0.4, -0.2) is 21.4 Å². The van der Waals surface area contributed by atoms with Gasteiger partial charge in [0.25, 0.3) is 5.91 Å². The quantitative estimate of drug-likeness (QED) is 0.902. The number of carbonyl (C=O) groups excluding carboxylic acids is 1. The fraction of sp³-hybridized carbons (Fsp3) is 0.125. The zero-order valence-corrected chi connectivity index (χ0v) is 13.1. The molecule has 0 aliphatic carbocycles. The van der Waals surface area contributed by atoms with Gasteiger partial charge in [-0.3, -0.25) is 4.79 Å². The van der Waals surface area contributed by atoms with Crippen LogP contribution in [0.2, 0.25) is 0 Å². The highest BCUT2D eigenvalue weighted by molar-refractivity contribution is 7.89. The zero-order valence-electron chi connectivity index (χ0n) is 12.3. The van der Waals surface area contributed by atoms with Crippen LogP contribution in [-0.2, 0) is 15.8 Å². The number of sulfonamides is 1. The Hall–Kier alpha value is -2.85. The average Bonchev–Trinajstić information content (AvgIpc) is 2.54. The highest BCUT2D eigenvalue weighted by Gasteiger charge is 2.20. The molecule has 0 aliphatic heterocycles. The number of carbonyl (C=O) groups is 1. The first-order valence-electron chi connectivity index (χ1n) is 6.62. The molecule has 1 N–H and O–H groups in total. The number of methoxy groups -OCH3 is 1. The Labute approximate surface area is 134 Å². The van der Waals surface area contributed by atoms with Gasteiger partial charge in [0.2, 0.25) is 10.0 Å². The molecule has 0 saturated heterocycles. The molecule has 2 rings (SSSR count). The van der Waals surface area contributed by atoms with Crippen molar-refractivity contribution in [1.29, 1.82) is 5.26 Å². The molecule has 0 aromatic heterocycles. The Morgan fingerprint density at radius 2 is 1.83 bits per heavy atom. The summed E-state index contributed by atoms with van der Waals surface area (Å²) in [5.41, 5.74) is 0.699. The van der Waals surface area contributed by atoms with Crippen molar-refractivity contribution in [3.63, 3.8) is 0 Å². The predicted molar refractivity (Wildman–Crippen MR) is 84.2 cm³/mol. The number of amides is 1. The van der Waals surface area contributed by atoms with Crippen LogP contribution in [0.5, 0.6) is 5.75 Å². The Bertz CT molecular complexity index is 870. The third kappa shape index (κ3) is 4.08. The normalized spacial score (nSPS) is 10.6. The van der Waals surface area contributed by atoms with Gasteiger partial charge in [-0.25, -0.2) is 13.1 Å². The zero-order chi connectivity index (χ0) is 16.9. The topological polar surface area (TPSA) is 96.3 Å². The molecule has 6 nitrogen and oxygen atoms in total. The summed E-state index contributed by atoms with van der Waals surface area (Å²) in [6.07, 6.45) is 0. The monoisotopic (exact) mass is 330 g/mol. The summed E-state index contributed by atoms with van der Waals surface area (Å²) in [5, 5.41) is 8.99. The first-order chi connectivity index (χ1) is 11.0. The number of rotatable bonds is 5. The number of nitrogens with zero attached hydrogens (tertiary/aromatic N) is 1. The minimum absolute atomic E-state index is 0.118. The molecule has 0 aliphatic rings. The maximum Gasteiger partial charge on any atom is 0.268 e. The molecule has 2 aromatic carbocycles. The molecular formula is C16H14N2O4S. The van der Waals surface area contributed by atoms with E-state index in [0.29, 0.717) is 5.56 Å². The van der Waals surface area contributed by atoms with Gasteiger partial charge in [-0.2, -0.15) is 5.26 Å². The fourth-order valence-electron chi connectivity index (χ4n) is 2.02. The number of benzene rings is 2. The van der Waals surface area contributed by atoms with Crippen LogP contribution in [0.1, 0.15) is 21.5 Å². The number of hydrogen-bond donors (Lipinski definition) is 1. The van der Waals surface area contributed by atoms with E-state index in [1.807, 2.05) is 10.8 Å². The number of nitriles is 1. The van der Waals surface area contributed by atoms with Crippen LogP contribution in [0.3, 0.4) is 0 Å². The van der Waals surface area contributed by atoms with Crippen LogP contribution in [0, 0.1) is 11.3 Å². The molecule has 0 heterocycles. The van der Waals surface area contributed by atoms with Crippen LogP contribution in [0.4, 0.5) is 0 Å². The van der Waals surface area contributed by atoms with E-state index in [-0.39, 0.29) is 16.9 Å². The molecular weight excluding hydrogens is 316 g/mol. The van der Waals surface area contributed by atoms with Crippen molar-refractivity contribution in [3.8, 4) is 11.8 Å². The molecule has 0 fully saturated rings. The maximum atomic E-state index is 12.2. The van der Waals surface area contributed by atoms with Gasteiger partial charge in [0, 0.05) is 0 Å². The summed E-state index contributed by atoms with van der Waals surface area (Å²) >= 11 is 0. The standard InChI is InChI=1S/C16H14N2O4S/c1-22-15-9-5-4-8-14(15)16(19)18-23(20,21)11-13-7-3-2-6-12(13)10-17/h2-9H,11H2,1H3,(H,18,19). The van der Waals surface area contributed by atoms with E-state index in [4.69, 9.17) is 10.00 Å². The van der Waals surface area contributed by atoms with Crippen molar-refractivity contribution in [3.05, 3.63) is 65.2 Å². The molecule has 0 spiro atoms. The number of hydrogen-bond acceptors (Lipinski definition) is 5. The van der Waals surface area contributed by atoms with Crippen LogP contribution >= 0.6 is 0 Å².